The Morgan fingerprint density at radius 1 is 0.964 bits per heavy atom. The van der Waals surface area contributed by atoms with Gasteiger partial charge in [-0.05, 0) is 35.4 Å². The zero-order valence-electron chi connectivity index (χ0n) is 15.4. The number of rotatable bonds is 5. The molecule has 0 aliphatic rings. The van der Waals surface area contributed by atoms with Crippen molar-refractivity contribution in [2.45, 2.75) is 0 Å². The van der Waals surface area contributed by atoms with Crippen LogP contribution in [0.25, 0.3) is 21.2 Å². The molecule has 0 fully saturated rings. The molecule has 140 valence electrons. The van der Waals surface area contributed by atoms with Crippen molar-refractivity contribution in [1.29, 1.82) is 0 Å². The molecule has 3 nitrogen and oxygen atoms in total. The Morgan fingerprint density at radius 3 is 2.43 bits per heavy atom. The minimum Gasteiger partial charge on any atom is -0.497 e. The molecule has 0 saturated heterocycles. The zero-order valence-corrected chi connectivity index (χ0v) is 16.2. The van der Waals surface area contributed by atoms with Gasteiger partial charge < -0.3 is 9.47 Å². The van der Waals surface area contributed by atoms with Crippen LogP contribution in [0.2, 0.25) is 0 Å². The molecular formula is C23H17FO3S. The average molecular weight is 392 g/mol. The summed E-state index contributed by atoms with van der Waals surface area (Å²) in [5.74, 6) is 0.240. The van der Waals surface area contributed by atoms with Gasteiger partial charge in [-0.3, -0.25) is 4.79 Å². The predicted molar refractivity (Wildman–Crippen MR) is 110 cm³/mol. The highest BCUT2D eigenvalue weighted by atomic mass is 32.1. The van der Waals surface area contributed by atoms with Gasteiger partial charge in [-0.1, -0.05) is 30.3 Å². The fourth-order valence-corrected chi connectivity index (χ4v) is 4.20. The minimum atomic E-state index is -0.464. The van der Waals surface area contributed by atoms with Crippen LogP contribution in [0.4, 0.5) is 4.39 Å². The lowest BCUT2D eigenvalue weighted by Crippen LogP contribution is -2.07. The molecule has 0 amide bonds. The monoisotopic (exact) mass is 392 g/mol. The Kier molecular flexibility index (Phi) is 4.84. The van der Waals surface area contributed by atoms with Gasteiger partial charge in [0, 0.05) is 27.1 Å². The van der Waals surface area contributed by atoms with Crippen LogP contribution in [0.3, 0.4) is 0 Å². The lowest BCUT2D eigenvalue weighted by molar-refractivity contribution is 0.103. The molecule has 1 aromatic heterocycles. The van der Waals surface area contributed by atoms with Crippen molar-refractivity contribution in [1.82, 2.24) is 0 Å². The molecule has 5 heteroatoms. The van der Waals surface area contributed by atoms with Gasteiger partial charge in [0.1, 0.15) is 17.3 Å². The highest BCUT2D eigenvalue weighted by Crippen LogP contribution is 2.37. The van der Waals surface area contributed by atoms with E-state index in [1.54, 1.807) is 31.4 Å². The van der Waals surface area contributed by atoms with E-state index in [2.05, 4.69) is 0 Å². The van der Waals surface area contributed by atoms with Crippen LogP contribution in [0.1, 0.15) is 15.9 Å². The Hall–Kier alpha value is -3.18. The number of thiophene rings is 1. The minimum absolute atomic E-state index is 0.194. The van der Waals surface area contributed by atoms with Crippen molar-refractivity contribution in [3.8, 4) is 22.6 Å². The molecule has 0 aliphatic carbocycles. The Balaban J connectivity index is 1.93. The number of carbonyl (C=O) groups excluding carboxylic acids is 1. The molecule has 1 heterocycles. The maximum atomic E-state index is 14.3. The molecule has 0 N–H and O–H groups in total. The standard InChI is InChI=1S/C23H17FO3S/c1-26-16-9-7-14(8-10-16)18-11-15(24)12-20(27-2)22(18)23(25)19-13-28-21-6-4-3-5-17(19)21/h3-13H,1-2H3. The van der Waals surface area contributed by atoms with E-state index in [4.69, 9.17) is 9.47 Å². The van der Waals surface area contributed by atoms with Gasteiger partial charge in [-0.15, -0.1) is 11.3 Å². The first kappa shape index (κ1) is 18.2. The summed E-state index contributed by atoms with van der Waals surface area (Å²) in [5.41, 5.74) is 2.12. The van der Waals surface area contributed by atoms with E-state index in [-0.39, 0.29) is 11.5 Å². The lowest BCUT2D eigenvalue weighted by atomic mass is 9.92. The van der Waals surface area contributed by atoms with Crippen molar-refractivity contribution in [2.24, 2.45) is 0 Å². The van der Waals surface area contributed by atoms with Crippen molar-refractivity contribution in [3.63, 3.8) is 0 Å². The van der Waals surface area contributed by atoms with E-state index in [1.807, 2.05) is 29.6 Å². The van der Waals surface area contributed by atoms with E-state index < -0.39 is 5.82 Å². The SMILES string of the molecule is COc1ccc(-c2cc(F)cc(OC)c2C(=O)c2csc3ccccc23)cc1. The third-order valence-electron chi connectivity index (χ3n) is 4.64. The van der Waals surface area contributed by atoms with Gasteiger partial charge in [0.25, 0.3) is 0 Å². The summed E-state index contributed by atoms with van der Waals surface area (Å²) in [5, 5.41) is 2.72. The van der Waals surface area contributed by atoms with Crippen molar-refractivity contribution in [3.05, 3.63) is 83.0 Å². The van der Waals surface area contributed by atoms with Gasteiger partial charge in [0.15, 0.2) is 5.78 Å². The normalized spacial score (nSPS) is 10.8. The van der Waals surface area contributed by atoms with Gasteiger partial charge in [0.2, 0.25) is 0 Å². The van der Waals surface area contributed by atoms with E-state index >= 15 is 0 Å². The molecule has 0 bridgehead atoms. The summed E-state index contributed by atoms with van der Waals surface area (Å²) in [6.07, 6.45) is 0. The van der Waals surface area contributed by atoms with Crippen molar-refractivity contribution < 1.29 is 18.7 Å². The van der Waals surface area contributed by atoms with E-state index in [1.165, 1.54) is 30.6 Å². The zero-order chi connectivity index (χ0) is 19.7. The fraction of sp³-hybridized carbons (Fsp3) is 0.0870. The molecule has 0 radical (unpaired) electrons. The second kappa shape index (κ2) is 7.44. The molecule has 28 heavy (non-hydrogen) atoms. The summed E-state index contributed by atoms with van der Waals surface area (Å²) in [6, 6.07) is 17.5. The summed E-state index contributed by atoms with van der Waals surface area (Å²) in [4.78, 5) is 13.5. The first-order chi connectivity index (χ1) is 13.6. The Bertz CT molecular complexity index is 1160. The van der Waals surface area contributed by atoms with E-state index in [9.17, 15) is 9.18 Å². The number of benzene rings is 3. The highest BCUT2D eigenvalue weighted by molar-refractivity contribution is 7.17. The largest absolute Gasteiger partial charge is 0.497 e. The summed E-state index contributed by atoms with van der Waals surface area (Å²) < 4.78 is 25.9. The second-order valence-corrected chi connectivity index (χ2v) is 7.15. The molecule has 0 aliphatic heterocycles. The van der Waals surface area contributed by atoms with Crippen LogP contribution in [0.5, 0.6) is 11.5 Å². The van der Waals surface area contributed by atoms with E-state index in [0.717, 1.165) is 10.1 Å². The highest BCUT2D eigenvalue weighted by Gasteiger charge is 2.23. The molecule has 0 saturated carbocycles. The van der Waals surface area contributed by atoms with Gasteiger partial charge in [-0.25, -0.2) is 4.39 Å². The van der Waals surface area contributed by atoms with Crippen molar-refractivity contribution in [2.75, 3.05) is 14.2 Å². The molecule has 4 rings (SSSR count). The topological polar surface area (TPSA) is 35.5 Å². The number of hydrogen-bond acceptors (Lipinski definition) is 4. The van der Waals surface area contributed by atoms with Crippen LogP contribution in [-0.2, 0) is 0 Å². The van der Waals surface area contributed by atoms with Crippen LogP contribution in [-0.4, -0.2) is 20.0 Å². The first-order valence-corrected chi connectivity index (χ1v) is 9.53. The van der Waals surface area contributed by atoms with Crippen LogP contribution < -0.4 is 9.47 Å². The number of ether oxygens (including phenoxy) is 2. The molecule has 3 aromatic carbocycles. The number of carbonyl (C=O) groups is 1. The Morgan fingerprint density at radius 2 is 1.71 bits per heavy atom. The van der Waals surface area contributed by atoms with Crippen LogP contribution in [0, 0.1) is 5.82 Å². The average Bonchev–Trinajstić information content (AvgIpc) is 3.17. The summed E-state index contributed by atoms with van der Waals surface area (Å²) >= 11 is 1.51. The fourth-order valence-electron chi connectivity index (χ4n) is 3.26. The quantitative estimate of drug-likeness (QED) is 0.393. The number of hydrogen-bond donors (Lipinski definition) is 0. The van der Waals surface area contributed by atoms with Crippen molar-refractivity contribution >= 4 is 27.2 Å². The first-order valence-electron chi connectivity index (χ1n) is 8.65. The van der Waals surface area contributed by atoms with Gasteiger partial charge in [0.05, 0.1) is 19.8 Å². The maximum absolute atomic E-state index is 14.3. The number of halogens is 1. The third-order valence-corrected chi connectivity index (χ3v) is 5.60. The predicted octanol–water partition coefficient (Wildman–Crippen LogP) is 5.96. The summed E-state index contributed by atoms with van der Waals surface area (Å²) in [6.45, 7) is 0. The third kappa shape index (κ3) is 3.14. The number of methoxy groups -OCH3 is 2. The molecule has 0 unspecified atom stereocenters. The number of fused-ring (bicyclic) bond motifs is 1. The van der Waals surface area contributed by atoms with Crippen LogP contribution in [0.15, 0.2) is 66.0 Å². The van der Waals surface area contributed by atoms with Gasteiger partial charge >= 0.3 is 0 Å². The molecular weight excluding hydrogens is 375 g/mol. The van der Waals surface area contributed by atoms with Crippen LogP contribution >= 0.6 is 11.3 Å². The lowest BCUT2D eigenvalue weighted by Gasteiger charge is -2.14. The number of ketones is 1. The smallest absolute Gasteiger partial charge is 0.198 e. The Labute approximate surface area is 166 Å². The maximum Gasteiger partial charge on any atom is 0.198 e. The summed E-state index contributed by atoms with van der Waals surface area (Å²) in [7, 11) is 3.02. The molecule has 4 aromatic rings. The van der Waals surface area contributed by atoms with E-state index in [0.29, 0.717) is 28.0 Å². The van der Waals surface area contributed by atoms with Gasteiger partial charge in [-0.2, -0.15) is 0 Å². The molecule has 0 spiro atoms. The molecule has 0 atom stereocenters. The second-order valence-electron chi connectivity index (χ2n) is 6.23.